The van der Waals surface area contributed by atoms with Crippen LogP contribution in [-0.2, 0) is 6.54 Å². The molecule has 23 heavy (non-hydrogen) atoms. The van der Waals surface area contributed by atoms with Gasteiger partial charge in [-0.2, -0.15) is 0 Å². The lowest BCUT2D eigenvalue weighted by atomic mass is 9.76. The molecule has 1 N–H and O–H groups in total. The highest BCUT2D eigenvalue weighted by Gasteiger charge is 2.44. The van der Waals surface area contributed by atoms with Crippen LogP contribution in [0.25, 0.3) is 0 Å². The van der Waals surface area contributed by atoms with Crippen molar-refractivity contribution in [2.24, 2.45) is 5.41 Å². The highest BCUT2D eigenvalue weighted by molar-refractivity contribution is 5.29. The van der Waals surface area contributed by atoms with Crippen LogP contribution < -0.4 is 0 Å². The summed E-state index contributed by atoms with van der Waals surface area (Å²) in [6.45, 7) is 1.94. The van der Waals surface area contributed by atoms with Crippen molar-refractivity contribution in [1.82, 2.24) is 4.90 Å². The minimum absolute atomic E-state index is 0.180. The summed E-state index contributed by atoms with van der Waals surface area (Å²) in [6.07, 6.45) is 3.83. The monoisotopic (exact) mass is 331 g/mol. The zero-order valence-corrected chi connectivity index (χ0v) is 13.1. The first-order chi connectivity index (χ1) is 10.9. The van der Waals surface area contributed by atoms with Crippen molar-refractivity contribution in [1.29, 1.82) is 0 Å². The van der Waals surface area contributed by atoms with Gasteiger partial charge in [-0.25, -0.2) is 17.6 Å². The topological polar surface area (TPSA) is 23.5 Å². The van der Waals surface area contributed by atoms with E-state index in [9.17, 15) is 22.7 Å². The van der Waals surface area contributed by atoms with Gasteiger partial charge in [-0.3, -0.25) is 4.90 Å². The van der Waals surface area contributed by atoms with E-state index in [1.165, 1.54) is 0 Å². The molecule has 0 unspecified atom stereocenters. The summed E-state index contributed by atoms with van der Waals surface area (Å²) in [5.74, 6) is -5.28. The van der Waals surface area contributed by atoms with Crippen LogP contribution in [0, 0.1) is 35.6 Å². The minimum Gasteiger partial charge on any atom is -0.393 e. The van der Waals surface area contributed by atoms with E-state index in [1.807, 2.05) is 0 Å². The smallest absolute Gasteiger partial charge is 0.166 e. The summed E-state index contributed by atoms with van der Waals surface area (Å²) in [4.78, 5) is 1.80. The normalized spacial score (nSPS) is 28.7. The van der Waals surface area contributed by atoms with Gasteiger partial charge in [0, 0.05) is 29.6 Å². The number of rotatable bonds is 2. The number of hydrogen-bond donors (Lipinski definition) is 1. The molecule has 0 aromatic heterocycles. The van der Waals surface area contributed by atoms with Crippen LogP contribution in [0.1, 0.15) is 43.2 Å². The third kappa shape index (κ3) is 2.76. The summed E-state index contributed by atoms with van der Waals surface area (Å²) in [5.41, 5.74) is -1.44. The van der Waals surface area contributed by atoms with E-state index in [1.54, 1.807) is 4.90 Å². The van der Waals surface area contributed by atoms with Gasteiger partial charge < -0.3 is 5.11 Å². The number of aliphatic hydroxyl groups excluding tert-OH is 1. The maximum absolute atomic E-state index is 14.0. The number of likely N-dealkylation sites (tertiary alicyclic amines) is 1. The molecule has 1 saturated heterocycles. The molecule has 2 aliphatic rings. The minimum atomic E-state index is -1.33. The number of halogens is 4. The van der Waals surface area contributed by atoms with Gasteiger partial charge in [0.2, 0.25) is 0 Å². The Labute approximate surface area is 133 Å². The van der Waals surface area contributed by atoms with Crippen molar-refractivity contribution < 1.29 is 22.7 Å². The Morgan fingerprint density at radius 2 is 1.65 bits per heavy atom. The summed E-state index contributed by atoms with van der Waals surface area (Å²) < 4.78 is 55.5. The molecule has 1 spiro atoms. The Morgan fingerprint density at radius 3 is 2.22 bits per heavy atom. The number of aliphatic hydroxyl groups is 1. The first kappa shape index (κ1) is 16.7. The zero-order chi connectivity index (χ0) is 16.8. The standard InChI is InChI=1S/C17H21F4NO/c1-10-13(18)15(20)11(16(21)14(10)19)8-22-7-3-6-17(9-22)5-2-4-12(17)23/h12,23H,2-9H2,1H3/t12-,17-/m1/s1. The SMILES string of the molecule is Cc1c(F)c(F)c(CN2CCC[C@]3(CCC[C@H]3O)C2)c(F)c1F. The van der Waals surface area contributed by atoms with Crippen LogP contribution >= 0.6 is 0 Å². The van der Waals surface area contributed by atoms with E-state index >= 15 is 0 Å². The van der Waals surface area contributed by atoms with E-state index in [2.05, 4.69) is 0 Å². The molecule has 128 valence electrons. The fraction of sp³-hybridized carbons (Fsp3) is 0.647. The van der Waals surface area contributed by atoms with Crippen molar-refractivity contribution in [2.45, 2.75) is 51.7 Å². The van der Waals surface area contributed by atoms with Gasteiger partial charge in [0.25, 0.3) is 0 Å². The van der Waals surface area contributed by atoms with E-state index in [0.717, 1.165) is 39.0 Å². The lowest BCUT2D eigenvalue weighted by molar-refractivity contribution is -0.0126. The maximum atomic E-state index is 14.0. The number of benzene rings is 1. The van der Waals surface area contributed by atoms with Crippen molar-refractivity contribution in [3.8, 4) is 0 Å². The molecule has 1 aliphatic carbocycles. The molecule has 3 rings (SSSR count). The van der Waals surface area contributed by atoms with Crippen LogP contribution in [0.3, 0.4) is 0 Å². The molecule has 0 bridgehead atoms. The van der Waals surface area contributed by atoms with E-state index < -0.39 is 40.5 Å². The summed E-state index contributed by atoms with van der Waals surface area (Å²) in [7, 11) is 0. The molecule has 0 amide bonds. The highest BCUT2D eigenvalue weighted by atomic mass is 19.2. The van der Waals surface area contributed by atoms with Gasteiger partial charge in [0.15, 0.2) is 23.3 Å². The van der Waals surface area contributed by atoms with Gasteiger partial charge in [0.05, 0.1) is 6.10 Å². The highest BCUT2D eigenvalue weighted by Crippen LogP contribution is 2.45. The molecule has 0 radical (unpaired) electrons. The fourth-order valence-electron chi connectivity index (χ4n) is 4.14. The third-order valence-corrected chi connectivity index (χ3v) is 5.50. The molecule has 1 saturated carbocycles. The molecule has 1 aromatic carbocycles. The number of piperidine rings is 1. The molecule has 1 aliphatic heterocycles. The molecule has 2 nitrogen and oxygen atoms in total. The Balaban J connectivity index is 1.85. The molecular weight excluding hydrogens is 310 g/mol. The van der Waals surface area contributed by atoms with Gasteiger partial charge in [-0.15, -0.1) is 0 Å². The van der Waals surface area contributed by atoms with Crippen molar-refractivity contribution in [2.75, 3.05) is 13.1 Å². The maximum Gasteiger partial charge on any atom is 0.166 e. The first-order valence-electron chi connectivity index (χ1n) is 8.07. The third-order valence-electron chi connectivity index (χ3n) is 5.50. The largest absolute Gasteiger partial charge is 0.393 e. The second kappa shape index (κ2) is 6.06. The van der Waals surface area contributed by atoms with E-state index in [4.69, 9.17) is 0 Å². The molecule has 1 aromatic rings. The fourth-order valence-corrected chi connectivity index (χ4v) is 4.14. The van der Waals surface area contributed by atoms with Crippen molar-refractivity contribution in [3.63, 3.8) is 0 Å². The van der Waals surface area contributed by atoms with Gasteiger partial charge in [-0.05, 0) is 39.2 Å². The first-order valence-corrected chi connectivity index (χ1v) is 8.07. The van der Waals surface area contributed by atoms with Crippen LogP contribution in [0.2, 0.25) is 0 Å². The quantitative estimate of drug-likeness (QED) is 0.660. The Hall–Kier alpha value is -1.14. The molecule has 6 heteroatoms. The van der Waals surface area contributed by atoms with Crippen molar-refractivity contribution >= 4 is 0 Å². The van der Waals surface area contributed by atoms with Crippen LogP contribution in [-0.4, -0.2) is 29.2 Å². The Bertz CT molecular complexity index is 592. The predicted molar refractivity (Wildman–Crippen MR) is 77.8 cm³/mol. The summed E-state index contributed by atoms with van der Waals surface area (Å²) >= 11 is 0. The van der Waals surface area contributed by atoms with Crippen LogP contribution in [0.4, 0.5) is 17.6 Å². The number of nitrogens with zero attached hydrogens (tertiary/aromatic N) is 1. The lowest BCUT2D eigenvalue weighted by Gasteiger charge is -2.42. The van der Waals surface area contributed by atoms with Gasteiger partial charge in [-0.1, -0.05) is 6.42 Å². The van der Waals surface area contributed by atoms with Gasteiger partial charge in [0.1, 0.15) is 0 Å². The molecular formula is C17H21F4NO. The van der Waals surface area contributed by atoms with Gasteiger partial charge >= 0.3 is 0 Å². The average molecular weight is 331 g/mol. The lowest BCUT2D eigenvalue weighted by Crippen LogP contribution is -2.47. The van der Waals surface area contributed by atoms with Crippen molar-refractivity contribution in [3.05, 3.63) is 34.4 Å². The molecule has 1 heterocycles. The second-order valence-electron chi connectivity index (χ2n) is 6.94. The zero-order valence-electron chi connectivity index (χ0n) is 13.1. The Morgan fingerprint density at radius 1 is 1.04 bits per heavy atom. The summed E-state index contributed by atoms with van der Waals surface area (Å²) in [6, 6.07) is 0. The second-order valence-corrected chi connectivity index (χ2v) is 6.94. The Kier molecular flexibility index (Phi) is 4.40. The number of hydrogen-bond acceptors (Lipinski definition) is 2. The molecule has 2 atom stereocenters. The van der Waals surface area contributed by atoms with E-state index in [-0.39, 0.29) is 12.0 Å². The van der Waals surface area contributed by atoms with Crippen LogP contribution in [0.5, 0.6) is 0 Å². The van der Waals surface area contributed by atoms with E-state index in [0.29, 0.717) is 13.1 Å². The average Bonchev–Trinajstić information content (AvgIpc) is 2.88. The predicted octanol–water partition coefficient (Wildman–Crippen LogP) is 3.68. The molecule has 2 fully saturated rings. The van der Waals surface area contributed by atoms with Crippen LogP contribution in [0.15, 0.2) is 0 Å². The summed E-state index contributed by atoms with van der Waals surface area (Å²) in [5, 5.41) is 10.2.